The van der Waals surface area contributed by atoms with Crippen LogP contribution >= 0.6 is 11.3 Å². The van der Waals surface area contributed by atoms with Crippen LogP contribution < -0.4 is 10.6 Å². The molecule has 0 fully saturated rings. The predicted molar refractivity (Wildman–Crippen MR) is 82.8 cm³/mol. The molecule has 3 nitrogen and oxygen atoms in total. The zero-order chi connectivity index (χ0) is 16.0. The molecule has 2 rings (SSSR count). The number of aliphatic imine (C=N–C) groups is 1. The molecule has 0 aliphatic rings. The van der Waals surface area contributed by atoms with Crippen molar-refractivity contribution in [1.82, 2.24) is 10.6 Å². The van der Waals surface area contributed by atoms with Crippen molar-refractivity contribution in [1.29, 1.82) is 0 Å². The summed E-state index contributed by atoms with van der Waals surface area (Å²) in [6.45, 7) is 0.897. The lowest BCUT2D eigenvalue weighted by molar-refractivity contribution is -0.137. The van der Waals surface area contributed by atoms with Crippen molar-refractivity contribution in [2.75, 3.05) is 7.05 Å². The third-order valence-electron chi connectivity index (χ3n) is 2.95. The van der Waals surface area contributed by atoms with Crippen LogP contribution in [0.3, 0.4) is 0 Å². The smallest absolute Gasteiger partial charge is 0.352 e. The molecule has 0 radical (unpaired) electrons. The van der Waals surface area contributed by atoms with Crippen LogP contribution in [0.5, 0.6) is 0 Å². The van der Waals surface area contributed by atoms with Crippen molar-refractivity contribution in [3.05, 3.63) is 57.8 Å². The Labute approximate surface area is 130 Å². The summed E-state index contributed by atoms with van der Waals surface area (Å²) in [6.07, 6.45) is -4.32. The fourth-order valence-electron chi connectivity index (χ4n) is 1.85. The molecule has 1 aromatic carbocycles. The van der Waals surface area contributed by atoms with E-state index in [4.69, 9.17) is 0 Å². The van der Waals surface area contributed by atoms with Crippen LogP contribution in [0, 0.1) is 0 Å². The van der Waals surface area contributed by atoms with Gasteiger partial charge in [-0.2, -0.15) is 13.2 Å². The first kappa shape index (κ1) is 16.4. The number of rotatable bonds is 4. The van der Waals surface area contributed by atoms with Gasteiger partial charge in [0, 0.05) is 18.5 Å². The van der Waals surface area contributed by atoms with Crippen molar-refractivity contribution in [2.24, 2.45) is 4.99 Å². The Bertz CT molecular complexity index is 621. The van der Waals surface area contributed by atoms with E-state index in [1.165, 1.54) is 6.07 Å². The van der Waals surface area contributed by atoms with Crippen molar-refractivity contribution < 1.29 is 13.2 Å². The van der Waals surface area contributed by atoms with Gasteiger partial charge < -0.3 is 10.6 Å². The number of hydrogen-bond donors (Lipinski definition) is 2. The topological polar surface area (TPSA) is 36.4 Å². The second-order valence-corrected chi connectivity index (χ2v) is 5.59. The molecule has 2 N–H and O–H groups in total. The highest BCUT2D eigenvalue weighted by molar-refractivity contribution is 7.09. The van der Waals surface area contributed by atoms with Gasteiger partial charge in [0.2, 0.25) is 0 Å². The number of benzene rings is 1. The van der Waals surface area contributed by atoms with E-state index in [0.717, 1.165) is 17.0 Å². The summed E-state index contributed by atoms with van der Waals surface area (Å²) >= 11 is 1.62. The molecule has 7 heteroatoms. The van der Waals surface area contributed by atoms with Crippen LogP contribution in [0.25, 0.3) is 0 Å². The van der Waals surface area contributed by atoms with E-state index < -0.39 is 11.7 Å². The third kappa shape index (κ3) is 4.77. The molecular formula is C15H16F3N3S. The standard InChI is InChI=1S/C15H16F3N3S/c1-19-14(21-10-13-6-3-7-22-13)20-9-11-4-2-5-12(8-11)15(16,17)18/h2-8H,9-10H2,1H3,(H2,19,20,21). The van der Waals surface area contributed by atoms with Gasteiger partial charge in [0.05, 0.1) is 12.1 Å². The first-order chi connectivity index (χ1) is 10.5. The minimum absolute atomic E-state index is 0.272. The summed E-state index contributed by atoms with van der Waals surface area (Å²) in [5.74, 6) is 0.547. The first-order valence-corrected chi connectivity index (χ1v) is 7.50. The van der Waals surface area contributed by atoms with Crippen LogP contribution in [0.15, 0.2) is 46.8 Å². The predicted octanol–water partition coefficient (Wildman–Crippen LogP) is 3.63. The van der Waals surface area contributed by atoms with E-state index in [2.05, 4.69) is 15.6 Å². The van der Waals surface area contributed by atoms with Crippen LogP contribution in [-0.4, -0.2) is 13.0 Å². The fraction of sp³-hybridized carbons (Fsp3) is 0.267. The van der Waals surface area contributed by atoms with Crippen LogP contribution in [0.2, 0.25) is 0 Å². The van der Waals surface area contributed by atoms with Gasteiger partial charge in [-0.25, -0.2) is 0 Å². The Hall–Kier alpha value is -2.02. The maximum absolute atomic E-state index is 12.7. The molecule has 2 aromatic rings. The minimum Gasteiger partial charge on any atom is -0.352 e. The summed E-state index contributed by atoms with van der Waals surface area (Å²) in [5, 5.41) is 8.10. The average molecular weight is 327 g/mol. The zero-order valence-corrected chi connectivity index (χ0v) is 12.8. The normalized spacial score (nSPS) is 12.3. The molecule has 0 saturated heterocycles. The minimum atomic E-state index is -4.32. The van der Waals surface area contributed by atoms with E-state index in [1.807, 2.05) is 17.5 Å². The number of nitrogens with one attached hydrogen (secondary N) is 2. The number of guanidine groups is 1. The van der Waals surface area contributed by atoms with Crippen LogP contribution in [0.1, 0.15) is 16.0 Å². The van der Waals surface area contributed by atoms with Crippen molar-refractivity contribution >= 4 is 17.3 Å². The molecule has 0 aliphatic carbocycles. The maximum Gasteiger partial charge on any atom is 0.416 e. The summed E-state index contributed by atoms with van der Waals surface area (Å²) < 4.78 is 38.0. The molecule has 0 saturated carbocycles. The van der Waals surface area contributed by atoms with Gasteiger partial charge in [-0.05, 0) is 29.1 Å². The van der Waals surface area contributed by atoms with E-state index >= 15 is 0 Å². The van der Waals surface area contributed by atoms with Gasteiger partial charge in [-0.1, -0.05) is 18.2 Å². The maximum atomic E-state index is 12.7. The molecule has 0 aliphatic heterocycles. The van der Waals surface area contributed by atoms with Crippen LogP contribution in [-0.2, 0) is 19.3 Å². The Morgan fingerprint density at radius 2 is 1.91 bits per heavy atom. The summed E-state index contributed by atoms with van der Waals surface area (Å²) in [7, 11) is 1.62. The Morgan fingerprint density at radius 3 is 2.55 bits per heavy atom. The number of alkyl halides is 3. The monoisotopic (exact) mass is 327 g/mol. The van der Waals surface area contributed by atoms with Gasteiger partial charge >= 0.3 is 6.18 Å². The average Bonchev–Trinajstić information content (AvgIpc) is 3.00. The lowest BCUT2D eigenvalue weighted by Crippen LogP contribution is -2.36. The quantitative estimate of drug-likeness (QED) is 0.664. The summed E-state index contributed by atoms with van der Waals surface area (Å²) in [5.41, 5.74) is -0.0952. The Morgan fingerprint density at radius 1 is 1.14 bits per heavy atom. The molecule has 0 spiro atoms. The Balaban J connectivity index is 1.90. The second kappa shape index (κ2) is 7.31. The lowest BCUT2D eigenvalue weighted by Gasteiger charge is -2.12. The van der Waals surface area contributed by atoms with Gasteiger partial charge in [0.1, 0.15) is 0 Å². The van der Waals surface area contributed by atoms with Crippen molar-refractivity contribution in [3.8, 4) is 0 Å². The van der Waals surface area contributed by atoms with E-state index in [0.29, 0.717) is 18.1 Å². The molecule has 1 heterocycles. The molecule has 118 valence electrons. The van der Waals surface area contributed by atoms with Gasteiger partial charge in [0.15, 0.2) is 5.96 Å². The molecule has 0 atom stereocenters. The van der Waals surface area contributed by atoms with Crippen molar-refractivity contribution in [2.45, 2.75) is 19.3 Å². The van der Waals surface area contributed by atoms with Gasteiger partial charge in [-0.3, -0.25) is 4.99 Å². The summed E-state index contributed by atoms with van der Waals surface area (Å²) in [6, 6.07) is 9.21. The highest BCUT2D eigenvalue weighted by Gasteiger charge is 2.30. The fourth-order valence-corrected chi connectivity index (χ4v) is 2.49. The third-order valence-corrected chi connectivity index (χ3v) is 3.82. The molecular weight excluding hydrogens is 311 g/mol. The molecule has 22 heavy (non-hydrogen) atoms. The van der Waals surface area contributed by atoms with E-state index in [-0.39, 0.29) is 6.54 Å². The van der Waals surface area contributed by atoms with E-state index in [9.17, 15) is 13.2 Å². The number of thiophene rings is 1. The first-order valence-electron chi connectivity index (χ1n) is 6.62. The van der Waals surface area contributed by atoms with Gasteiger partial charge in [-0.15, -0.1) is 11.3 Å². The number of halogens is 3. The molecule has 0 unspecified atom stereocenters. The highest BCUT2D eigenvalue weighted by Crippen LogP contribution is 2.29. The molecule has 1 aromatic heterocycles. The lowest BCUT2D eigenvalue weighted by atomic mass is 10.1. The molecule has 0 bridgehead atoms. The Kier molecular flexibility index (Phi) is 5.43. The highest BCUT2D eigenvalue weighted by atomic mass is 32.1. The molecule has 0 amide bonds. The number of nitrogens with zero attached hydrogens (tertiary/aromatic N) is 1. The SMILES string of the molecule is CN=C(NCc1cccc(C(F)(F)F)c1)NCc1cccs1. The zero-order valence-electron chi connectivity index (χ0n) is 11.9. The number of hydrogen-bond acceptors (Lipinski definition) is 2. The van der Waals surface area contributed by atoms with E-state index in [1.54, 1.807) is 24.5 Å². The van der Waals surface area contributed by atoms with Crippen LogP contribution in [0.4, 0.5) is 13.2 Å². The summed E-state index contributed by atoms with van der Waals surface area (Å²) in [4.78, 5) is 5.21. The second-order valence-electron chi connectivity index (χ2n) is 4.56. The largest absolute Gasteiger partial charge is 0.416 e. The van der Waals surface area contributed by atoms with Crippen molar-refractivity contribution in [3.63, 3.8) is 0 Å². The van der Waals surface area contributed by atoms with Gasteiger partial charge in [0.25, 0.3) is 0 Å².